The molecule has 0 saturated heterocycles. The van der Waals surface area contributed by atoms with E-state index < -0.39 is 0 Å². The molecule has 0 atom stereocenters. The fourth-order valence-electron chi connectivity index (χ4n) is 1.89. The molecule has 0 aliphatic rings. The van der Waals surface area contributed by atoms with Gasteiger partial charge in [0.15, 0.2) is 0 Å². The van der Waals surface area contributed by atoms with E-state index in [1.807, 2.05) is 18.5 Å². The van der Waals surface area contributed by atoms with Crippen LogP contribution in [-0.4, -0.2) is 9.78 Å². The van der Waals surface area contributed by atoms with Gasteiger partial charge in [0, 0.05) is 5.56 Å². The van der Waals surface area contributed by atoms with Crippen LogP contribution < -0.4 is 5.73 Å². The first-order chi connectivity index (χ1) is 7.49. The Labute approximate surface area is 95.9 Å². The maximum Gasteiger partial charge on any atom is 0.130 e. The zero-order valence-electron chi connectivity index (χ0n) is 10.2. The number of aromatic nitrogens is 2. The molecule has 84 valence electrons. The van der Waals surface area contributed by atoms with Gasteiger partial charge < -0.3 is 5.73 Å². The van der Waals surface area contributed by atoms with Crippen molar-refractivity contribution in [2.24, 2.45) is 0 Å². The average molecular weight is 215 g/mol. The molecule has 16 heavy (non-hydrogen) atoms. The number of rotatable bonds is 1. The Morgan fingerprint density at radius 2 is 1.56 bits per heavy atom. The highest BCUT2D eigenvalue weighted by molar-refractivity contribution is 5.50. The van der Waals surface area contributed by atoms with Crippen molar-refractivity contribution in [2.45, 2.75) is 27.7 Å². The first-order valence-electron chi connectivity index (χ1n) is 5.39. The standard InChI is InChI=1S/C13H17N3/c1-8-5-9(2)7-12(6-8)16-13(14)10(3)11(4)15-16/h5-7H,14H2,1-4H3. The summed E-state index contributed by atoms with van der Waals surface area (Å²) in [5, 5.41) is 4.45. The lowest BCUT2D eigenvalue weighted by molar-refractivity contribution is 0.869. The summed E-state index contributed by atoms with van der Waals surface area (Å²) in [5.74, 6) is 0.725. The summed E-state index contributed by atoms with van der Waals surface area (Å²) in [7, 11) is 0. The fraction of sp³-hybridized carbons (Fsp3) is 0.308. The minimum atomic E-state index is 0.725. The molecule has 2 rings (SSSR count). The van der Waals surface area contributed by atoms with Crippen LogP contribution in [0, 0.1) is 27.7 Å². The first-order valence-corrected chi connectivity index (χ1v) is 5.39. The number of nitrogens with zero attached hydrogens (tertiary/aromatic N) is 2. The predicted octanol–water partition coefficient (Wildman–Crippen LogP) is 2.69. The number of hydrogen-bond acceptors (Lipinski definition) is 2. The van der Waals surface area contributed by atoms with Crippen molar-refractivity contribution in [3.63, 3.8) is 0 Å². The van der Waals surface area contributed by atoms with E-state index in [9.17, 15) is 0 Å². The summed E-state index contributed by atoms with van der Waals surface area (Å²) in [6.45, 7) is 8.13. The van der Waals surface area contributed by atoms with E-state index in [0.29, 0.717) is 0 Å². The molecule has 1 aromatic heterocycles. The van der Waals surface area contributed by atoms with E-state index in [4.69, 9.17) is 5.73 Å². The minimum absolute atomic E-state index is 0.725. The Bertz CT molecular complexity index is 518. The molecule has 0 radical (unpaired) electrons. The smallest absolute Gasteiger partial charge is 0.130 e. The topological polar surface area (TPSA) is 43.8 Å². The number of anilines is 1. The molecular formula is C13H17N3. The van der Waals surface area contributed by atoms with Crippen molar-refractivity contribution >= 4 is 5.82 Å². The highest BCUT2D eigenvalue weighted by atomic mass is 15.3. The van der Waals surface area contributed by atoms with Crippen molar-refractivity contribution in [3.8, 4) is 5.69 Å². The van der Waals surface area contributed by atoms with Gasteiger partial charge in [0.2, 0.25) is 0 Å². The Morgan fingerprint density at radius 3 is 2.00 bits per heavy atom. The molecule has 2 aromatic rings. The molecule has 1 heterocycles. The Balaban J connectivity index is 2.62. The summed E-state index contributed by atoms with van der Waals surface area (Å²) in [6.07, 6.45) is 0. The van der Waals surface area contributed by atoms with E-state index in [0.717, 1.165) is 22.8 Å². The highest BCUT2D eigenvalue weighted by Crippen LogP contribution is 2.21. The molecule has 0 bridgehead atoms. The van der Waals surface area contributed by atoms with E-state index in [1.54, 1.807) is 0 Å². The molecule has 2 N–H and O–H groups in total. The average Bonchev–Trinajstić information content (AvgIpc) is 2.44. The van der Waals surface area contributed by atoms with Crippen LogP contribution in [0.1, 0.15) is 22.4 Å². The lowest BCUT2D eigenvalue weighted by Gasteiger charge is -2.07. The Kier molecular flexibility index (Phi) is 2.46. The van der Waals surface area contributed by atoms with E-state index in [-0.39, 0.29) is 0 Å². The summed E-state index contributed by atoms with van der Waals surface area (Å²) < 4.78 is 1.81. The number of hydrogen-bond donors (Lipinski definition) is 1. The zero-order chi connectivity index (χ0) is 11.9. The van der Waals surface area contributed by atoms with E-state index in [1.165, 1.54) is 11.1 Å². The quantitative estimate of drug-likeness (QED) is 0.794. The second-order valence-corrected chi connectivity index (χ2v) is 4.35. The third-order valence-corrected chi connectivity index (χ3v) is 2.86. The zero-order valence-corrected chi connectivity index (χ0v) is 10.2. The number of nitrogen functional groups attached to an aromatic ring is 1. The van der Waals surface area contributed by atoms with Crippen LogP contribution in [-0.2, 0) is 0 Å². The second kappa shape index (κ2) is 3.67. The van der Waals surface area contributed by atoms with Gasteiger partial charge in [0.1, 0.15) is 5.82 Å². The van der Waals surface area contributed by atoms with Crippen LogP contribution in [0.25, 0.3) is 5.69 Å². The predicted molar refractivity (Wildman–Crippen MR) is 66.9 cm³/mol. The summed E-state index contributed by atoms with van der Waals surface area (Å²) in [6, 6.07) is 6.33. The summed E-state index contributed by atoms with van der Waals surface area (Å²) >= 11 is 0. The highest BCUT2D eigenvalue weighted by Gasteiger charge is 2.09. The molecule has 1 aromatic carbocycles. The van der Waals surface area contributed by atoms with E-state index >= 15 is 0 Å². The maximum absolute atomic E-state index is 6.04. The summed E-state index contributed by atoms with van der Waals surface area (Å²) in [4.78, 5) is 0. The van der Waals surface area contributed by atoms with Crippen molar-refractivity contribution in [2.75, 3.05) is 5.73 Å². The molecule has 0 amide bonds. The Morgan fingerprint density at radius 1 is 1.00 bits per heavy atom. The van der Waals surface area contributed by atoms with Gasteiger partial charge in [-0.3, -0.25) is 0 Å². The van der Waals surface area contributed by atoms with Crippen LogP contribution in [0.15, 0.2) is 18.2 Å². The van der Waals surface area contributed by atoms with Crippen molar-refractivity contribution < 1.29 is 0 Å². The van der Waals surface area contributed by atoms with Crippen LogP contribution >= 0.6 is 0 Å². The molecule has 0 spiro atoms. The summed E-state index contributed by atoms with van der Waals surface area (Å²) in [5.41, 5.74) is 11.6. The van der Waals surface area contributed by atoms with Crippen molar-refractivity contribution in [3.05, 3.63) is 40.6 Å². The molecule has 0 fully saturated rings. The number of nitrogens with two attached hydrogens (primary N) is 1. The van der Waals surface area contributed by atoms with Gasteiger partial charge in [0.05, 0.1) is 11.4 Å². The number of benzene rings is 1. The molecular weight excluding hydrogens is 198 g/mol. The van der Waals surface area contributed by atoms with Gasteiger partial charge in [-0.25, -0.2) is 4.68 Å². The SMILES string of the molecule is Cc1cc(C)cc(-n2nc(C)c(C)c2N)c1. The van der Waals surface area contributed by atoms with Crippen LogP contribution in [0.4, 0.5) is 5.82 Å². The molecule has 0 aliphatic carbocycles. The van der Waals surface area contributed by atoms with Gasteiger partial charge in [-0.05, 0) is 51.0 Å². The maximum atomic E-state index is 6.04. The monoisotopic (exact) mass is 215 g/mol. The minimum Gasteiger partial charge on any atom is -0.383 e. The van der Waals surface area contributed by atoms with E-state index in [2.05, 4.69) is 37.1 Å². The normalized spacial score (nSPS) is 10.8. The van der Waals surface area contributed by atoms with Gasteiger partial charge in [0.25, 0.3) is 0 Å². The second-order valence-electron chi connectivity index (χ2n) is 4.35. The van der Waals surface area contributed by atoms with Gasteiger partial charge in [-0.15, -0.1) is 0 Å². The van der Waals surface area contributed by atoms with Gasteiger partial charge in [-0.2, -0.15) is 5.10 Å². The van der Waals surface area contributed by atoms with Crippen LogP contribution in [0.5, 0.6) is 0 Å². The van der Waals surface area contributed by atoms with Gasteiger partial charge >= 0.3 is 0 Å². The van der Waals surface area contributed by atoms with Crippen molar-refractivity contribution in [1.29, 1.82) is 0 Å². The Hall–Kier alpha value is -1.77. The molecule has 0 unspecified atom stereocenters. The van der Waals surface area contributed by atoms with Crippen molar-refractivity contribution in [1.82, 2.24) is 9.78 Å². The van der Waals surface area contributed by atoms with Gasteiger partial charge in [-0.1, -0.05) is 6.07 Å². The lowest BCUT2D eigenvalue weighted by atomic mass is 10.1. The molecule has 0 aliphatic heterocycles. The molecule has 3 heteroatoms. The fourth-order valence-corrected chi connectivity index (χ4v) is 1.89. The third kappa shape index (κ3) is 1.69. The third-order valence-electron chi connectivity index (χ3n) is 2.86. The van der Waals surface area contributed by atoms with Crippen LogP contribution in [0.2, 0.25) is 0 Å². The first kappa shape index (κ1) is 10.7. The van der Waals surface area contributed by atoms with Crippen LogP contribution in [0.3, 0.4) is 0 Å². The number of aryl methyl sites for hydroxylation is 3. The lowest BCUT2D eigenvalue weighted by Crippen LogP contribution is -2.03. The molecule has 0 saturated carbocycles. The largest absolute Gasteiger partial charge is 0.383 e. The molecule has 3 nitrogen and oxygen atoms in total.